The Hall–Kier alpha value is -2.11. The van der Waals surface area contributed by atoms with Gasteiger partial charge in [-0.2, -0.15) is 0 Å². The number of hydrogen-bond donors (Lipinski definition) is 4. The van der Waals surface area contributed by atoms with Gasteiger partial charge in [0.15, 0.2) is 6.29 Å². The van der Waals surface area contributed by atoms with Gasteiger partial charge in [0.2, 0.25) is 0 Å². The maximum absolute atomic E-state index is 12.8. The van der Waals surface area contributed by atoms with E-state index in [0.29, 0.717) is 13.0 Å². The van der Waals surface area contributed by atoms with E-state index in [4.69, 9.17) is 18.9 Å². The summed E-state index contributed by atoms with van der Waals surface area (Å²) in [5, 5.41) is 40.1. The van der Waals surface area contributed by atoms with Crippen molar-refractivity contribution >= 4 is 5.97 Å². The van der Waals surface area contributed by atoms with E-state index in [1.807, 2.05) is 0 Å². The fourth-order valence-corrected chi connectivity index (χ4v) is 6.64. The molecule has 6 unspecified atom stereocenters. The van der Waals surface area contributed by atoms with Gasteiger partial charge in [0, 0.05) is 13.0 Å². The topological polar surface area (TPSA) is 135 Å². The molecule has 1 aliphatic heterocycles. The number of esters is 1. The minimum atomic E-state index is -1.54. The molecule has 0 amide bonds. The highest BCUT2D eigenvalue weighted by molar-refractivity contribution is 5.69. The van der Waals surface area contributed by atoms with Gasteiger partial charge in [0.05, 0.1) is 19.8 Å². The molecule has 0 aliphatic carbocycles. The molecule has 1 rings (SSSR count). The van der Waals surface area contributed by atoms with Gasteiger partial charge in [-0.15, -0.1) is 0 Å². The number of unbranched alkanes of at least 4 members (excludes halogenated alkanes) is 17. The summed E-state index contributed by atoms with van der Waals surface area (Å²) < 4.78 is 22.8. The Balaban J connectivity index is 2.27. The lowest BCUT2D eigenvalue weighted by atomic mass is 9.99. The molecule has 1 fully saturated rings. The molecule has 0 saturated carbocycles. The molecule has 6 atom stereocenters. The second-order valence-corrected chi connectivity index (χ2v) is 15.5. The Bertz CT molecular complexity index is 1050. The van der Waals surface area contributed by atoms with Gasteiger partial charge in [0.1, 0.15) is 30.5 Å². The standard InChI is InChI=1S/C48H84O9/c1-3-5-7-9-11-13-15-17-18-19-20-21-22-23-24-25-27-29-31-33-35-37-44(50)56-42(41-55-48-47(53)46(52)45(51)43(39-49)57-48)40-54-38-36-34-32-30-28-26-16-14-12-10-8-6-4-2/h5,7,11,13,17-18,20-21,23-24,42-43,45-49,51-53H,3-4,6,8-10,12,14-16,19,22,25-41H2,1-2H3/b7-5-,13-11-,18-17-,21-20-,24-23-. The predicted octanol–water partition coefficient (Wildman–Crippen LogP) is 10.3. The normalized spacial score (nSPS) is 21.0. The largest absolute Gasteiger partial charge is 0.457 e. The van der Waals surface area contributed by atoms with Crippen LogP contribution in [0.5, 0.6) is 0 Å². The maximum atomic E-state index is 12.8. The van der Waals surface area contributed by atoms with E-state index >= 15 is 0 Å². The second-order valence-electron chi connectivity index (χ2n) is 15.5. The molecule has 0 aromatic heterocycles. The van der Waals surface area contributed by atoms with E-state index < -0.39 is 43.4 Å². The Morgan fingerprint density at radius 2 is 1.07 bits per heavy atom. The van der Waals surface area contributed by atoms with Gasteiger partial charge < -0.3 is 39.4 Å². The van der Waals surface area contributed by atoms with Crippen LogP contribution in [0.2, 0.25) is 0 Å². The Kier molecular flexibility index (Phi) is 36.5. The zero-order valence-electron chi connectivity index (χ0n) is 36.1. The molecule has 4 N–H and O–H groups in total. The van der Waals surface area contributed by atoms with Crippen LogP contribution in [0.3, 0.4) is 0 Å². The molecular weight excluding hydrogens is 721 g/mol. The third-order valence-corrected chi connectivity index (χ3v) is 10.2. The highest BCUT2D eigenvalue weighted by Gasteiger charge is 2.44. The monoisotopic (exact) mass is 805 g/mol. The Morgan fingerprint density at radius 1 is 0.579 bits per heavy atom. The molecule has 1 aliphatic rings. The van der Waals surface area contributed by atoms with E-state index in [1.54, 1.807) is 0 Å². The molecule has 330 valence electrons. The number of allylic oxidation sites excluding steroid dienone is 10. The molecule has 9 heteroatoms. The van der Waals surface area contributed by atoms with Crippen molar-refractivity contribution in [2.75, 3.05) is 26.4 Å². The third-order valence-electron chi connectivity index (χ3n) is 10.2. The molecule has 0 aromatic carbocycles. The minimum Gasteiger partial charge on any atom is -0.457 e. The average molecular weight is 805 g/mol. The van der Waals surface area contributed by atoms with Crippen LogP contribution in [-0.2, 0) is 23.7 Å². The number of hydrogen-bond acceptors (Lipinski definition) is 9. The highest BCUT2D eigenvalue weighted by Crippen LogP contribution is 2.22. The lowest BCUT2D eigenvalue weighted by Crippen LogP contribution is -2.59. The molecule has 0 bridgehead atoms. The van der Waals surface area contributed by atoms with Gasteiger partial charge in [0.25, 0.3) is 0 Å². The van der Waals surface area contributed by atoms with E-state index in [-0.39, 0.29) is 19.2 Å². The first-order valence-electron chi connectivity index (χ1n) is 22.9. The molecular formula is C48H84O9. The van der Waals surface area contributed by atoms with Crippen molar-refractivity contribution in [3.63, 3.8) is 0 Å². The number of aliphatic hydroxyl groups is 4. The van der Waals surface area contributed by atoms with Crippen molar-refractivity contribution in [3.8, 4) is 0 Å². The quantitative estimate of drug-likeness (QED) is 0.0273. The van der Waals surface area contributed by atoms with Crippen LogP contribution in [0.1, 0.15) is 174 Å². The molecule has 1 heterocycles. The van der Waals surface area contributed by atoms with Crippen LogP contribution in [0.15, 0.2) is 60.8 Å². The maximum Gasteiger partial charge on any atom is 0.306 e. The summed E-state index contributed by atoms with van der Waals surface area (Å²) in [5.74, 6) is -0.333. The number of ether oxygens (including phenoxy) is 4. The van der Waals surface area contributed by atoms with Gasteiger partial charge in [-0.25, -0.2) is 0 Å². The van der Waals surface area contributed by atoms with Crippen LogP contribution in [0.4, 0.5) is 0 Å². The fraction of sp³-hybridized carbons (Fsp3) is 0.771. The summed E-state index contributed by atoms with van der Waals surface area (Å²) in [5.41, 5.74) is 0. The first kappa shape index (κ1) is 52.9. The zero-order valence-corrected chi connectivity index (χ0v) is 36.1. The summed E-state index contributed by atoms with van der Waals surface area (Å²) in [7, 11) is 0. The van der Waals surface area contributed by atoms with Gasteiger partial charge >= 0.3 is 5.97 Å². The molecule has 9 nitrogen and oxygen atoms in total. The number of carbonyl (C=O) groups is 1. The van der Waals surface area contributed by atoms with Crippen molar-refractivity contribution in [1.82, 2.24) is 0 Å². The van der Waals surface area contributed by atoms with Crippen LogP contribution in [0.25, 0.3) is 0 Å². The smallest absolute Gasteiger partial charge is 0.306 e. The lowest BCUT2D eigenvalue weighted by molar-refractivity contribution is -0.305. The third kappa shape index (κ3) is 30.6. The number of carbonyl (C=O) groups excluding carboxylic acids is 1. The van der Waals surface area contributed by atoms with E-state index in [2.05, 4.69) is 74.6 Å². The summed E-state index contributed by atoms with van der Waals surface area (Å²) in [4.78, 5) is 12.8. The summed E-state index contributed by atoms with van der Waals surface area (Å²) in [6.45, 7) is 4.42. The Morgan fingerprint density at radius 3 is 1.61 bits per heavy atom. The molecule has 0 spiro atoms. The molecule has 1 saturated heterocycles. The minimum absolute atomic E-state index is 0.122. The van der Waals surface area contributed by atoms with E-state index in [1.165, 1.54) is 70.6 Å². The van der Waals surface area contributed by atoms with Gasteiger partial charge in [-0.05, 0) is 57.8 Å². The lowest BCUT2D eigenvalue weighted by Gasteiger charge is -2.39. The summed E-state index contributed by atoms with van der Waals surface area (Å²) >= 11 is 0. The summed E-state index contributed by atoms with van der Waals surface area (Å²) in [6.07, 6.45) is 42.4. The van der Waals surface area contributed by atoms with Crippen LogP contribution < -0.4 is 0 Å². The SMILES string of the molecule is CC/C=C\C/C=C\C/C=C\C/C=C\C/C=C\CCCCCCCC(=O)OC(COCCCCCCCCCCCCCCC)COC1OC(CO)C(O)C(O)C1O. The molecule has 57 heavy (non-hydrogen) atoms. The second kappa shape index (κ2) is 39.4. The fourth-order valence-electron chi connectivity index (χ4n) is 6.64. The average Bonchev–Trinajstić information content (AvgIpc) is 3.21. The Labute approximate surface area is 347 Å². The number of aliphatic hydroxyl groups excluding tert-OH is 4. The first-order valence-corrected chi connectivity index (χ1v) is 22.9. The number of rotatable bonds is 38. The first-order chi connectivity index (χ1) is 27.9. The van der Waals surface area contributed by atoms with Crippen molar-refractivity contribution in [2.45, 2.75) is 211 Å². The molecule has 0 radical (unpaired) electrons. The van der Waals surface area contributed by atoms with Gasteiger partial charge in [-0.1, -0.05) is 171 Å². The van der Waals surface area contributed by atoms with E-state index in [0.717, 1.165) is 83.5 Å². The zero-order chi connectivity index (χ0) is 41.4. The summed E-state index contributed by atoms with van der Waals surface area (Å²) in [6, 6.07) is 0. The predicted molar refractivity (Wildman–Crippen MR) is 233 cm³/mol. The van der Waals surface area contributed by atoms with Crippen molar-refractivity contribution in [3.05, 3.63) is 60.8 Å². The van der Waals surface area contributed by atoms with E-state index in [9.17, 15) is 25.2 Å². The molecule has 0 aromatic rings. The van der Waals surface area contributed by atoms with Crippen molar-refractivity contribution in [2.24, 2.45) is 0 Å². The van der Waals surface area contributed by atoms with Crippen LogP contribution in [-0.4, -0.2) is 89.6 Å². The van der Waals surface area contributed by atoms with Crippen LogP contribution in [0, 0.1) is 0 Å². The van der Waals surface area contributed by atoms with Crippen molar-refractivity contribution < 1.29 is 44.2 Å². The van der Waals surface area contributed by atoms with Crippen molar-refractivity contribution in [1.29, 1.82) is 0 Å². The van der Waals surface area contributed by atoms with Gasteiger partial charge in [-0.3, -0.25) is 4.79 Å². The highest BCUT2D eigenvalue weighted by atomic mass is 16.7. The van der Waals surface area contributed by atoms with Crippen LogP contribution >= 0.6 is 0 Å².